The Morgan fingerprint density at radius 2 is 1.68 bits per heavy atom. The first-order valence-electron chi connectivity index (χ1n) is 16.9. The summed E-state index contributed by atoms with van der Waals surface area (Å²) in [5.74, 6) is 0.0548. The van der Waals surface area contributed by atoms with Crippen molar-refractivity contribution in [3.8, 4) is 0 Å². The summed E-state index contributed by atoms with van der Waals surface area (Å²) in [7, 11) is 0. The van der Waals surface area contributed by atoms with Crippen molar-refractivity contribution in [3.05, 3.63) is 52.6 Å². The van der Waals surface area contributed by atoms with E-state index in [0.29, 0.717) is 37.2 Å². The lowest BCUT2D eigenvalue weighted by Gasteiger charge is -2.69. The van der Waals surface area contributed by atoms with Gasteiger partial charge in [0.05, 0.1) is 12.2 Å². The first-order valence-corrected chi connectivity index (χ1v) is 16.9. The van der Waals surface area contributed by atoms with Crippen LogP contribution in [0.2, 0.25) is 0 Å². The molecule has 242 valence electrons. The zero-order valence-electron chi connectivity index (χ0n) is 28.2. The number of carbonyl (C=O) groups excluding carboxylic acids is 2. The van der Waals surface area contributed by atoms with Crippen molar-refractivity contribution >= 4 is 17.6 Å². The number of anilines is 1. The van der Waals surface area contributed by atoms with Crippen molar-refractivity contribution in [1.82, 2.24) is 0 Å². The van der Waals surface area contributed by atoms with E-state index in [1.54, 1.807) is 0 Å². The molecule has 0 radical (unpaired) electrons. The van der Waals surface area contributed by atoms with Crippen LogP contribution in [-0.2, 0) is 14.3 Å². The highest BCUT2D eigenvalue weighted by molar-refractivity contribution is 6.04. The Labute approximate surface area is 264 Å². The predicted molar refractivity (Wildman–Crippen MR) is 175 cm³/mol. The molecule has 1 amide bonds. The third-order valence-corrected chi connectivity index (χ3v) is 12.9. The van der Waals surface area contributed by atoms with Crippen molar-refractivity contribution < 1.29 is 24.5 Å². The van der Waals surface area contributed by atoms with Gasteiger partial charge in [-0.2, -0.15) is 0 Å². The number of hydrogen-bond acceptors (Lipinski definition) is 5. The van der Waals surface area contributed by atoms with Crippen LogP contribution < -0.4 is 5.32 Å². The molecule has 44 heavy (non-hydrogen) atoms. The zero-order valence-corrected chi connectivity index (χ0v) is 28.2. The van der Waals surface area contributed by atoms with Gasteiger partial charge in [0, 0.05) is 18.2 Å². The molecule has 4 fully saturated rings. The van der Waals surface area contributed by atoms with Gasteiger partial charge in [0.1, 0.15) is 6.10 Å². The fourth-order valence-corrected chi connectivity index (χ4v) is 10.6. The SMILES string of the molecule is CC(=O)O[C@H]1C[C@@]2(C)[C@@H](C[C@@H](O)[C@H]3[C@@]4(C)CC[C@@H](O)[C@@H](C)[C@@H]4CC[C@@]32C)/C1=C(\CCC=C(C)C)C(=O)Nc1ccc(C)cc1. The maximum atomic E-state index is 14.2. The number of benzene rings is 1. The second-order valence-electron chi connectivity index (χ2n) is 15.7. The number of nitrogens with one attached hydrogen (secondary N) is 1. The second-order valence-corrected chi connectivity index (χ2v) is 15.7. The van der Waals surface area contributed by atoms with Crippen LogP contribution in [0.5, 0.6) is 0 Å². The average Bonchev–Trinajstić information content (AvgIpc) is 3.21. The molecular weight excluding hydrogens is 550 g/mol. The van der Waals surface area contributed by atoms with Crippen molar-refractivity contribution in [2.24, 2.45) is 39.9 Å². The van der Waals surface area contributed by atoms with Gasteiger partial charge < -0.3 is 20.3 Å². The Morgan fingerprint density at radius 3 is 2.32 bits per heavy atom. The average molecular weight is 606 g/mol. The van der Waals surface area contributed by atoms with Crippen LogP contribution in [0, 0.1) is 46.8 Å². The molecule has 1 aromatic carbocycles. The first-order chi connectivity index (χ1) is 20.6. The molecule has 1 aromatic rings. The van der Waals surface area contributed by atoms with Gasteiger partial charge in [0.2, 0.25) is 0 Å². The predicted octanol–water partition coefficient (Wildman–Crippen LogP) is 7.53. The molecule has 0 aromatic heterocycles. The number of allylic oxidation sites excluding steroid dienone is 2. The molecule has 0 heterocycles. The molecule has 4 aliphatic carbocycles. The van der Waals surface area contributed by atoms with Gasteiger partial charge in [-0.15, -0.1) is 0 Å². The van der Waals surface area contributed by atoms with E-state index in [-0.39, 0.29) is 52.0 Å². The summed E-state index contributed by atoms with van der Waals surface area (Å²) in [5, 5.41) is 26.1. The number of amides is 1. The number of aliphatic hydroxyl groups excluding tert-OH is 2. The topological polar surface area (TPSA) is 95.9 Å². The lowest BCUT2D eigenvalue weighted by Crippen LogP contribution is -2.65. The van der Waals surface area contributed by atoms with Gasteiger partial charge in [-0.25, -0.2) is 0 Å². The molecule has 6 nitrogen and oxygen atoms in total. The largest absolute Gasteiger partial charge is 0.458 e. The number of rotatable bonds is 6. The van der Waals surface area contributed by atoms with E-state index >= 15 is 0 Å². The van der Waals surface area contributed by atoms with Crippen LogP contribution in [0.25, 0.3) is 0 Å². The highest BCUT2D eigenvalue weighted by atomic mass is 16.5. The molecule has 4 saturated carbocycles. The van der Waals surface area contributed by atoms with E-state index in [1.165, 1.54) is 12.5 Å². The van der Waals surface area contributed by atoms with Crippen LogP contribution >= 0.6 is 0 Å². The van der Waals surface area contributed by atoms with Crippen molar-refractivity contribution in [1.29, 1.82) is 0 Å². The highest BCUT2D eigenvalue weighted by Gasteiger charge is 2.70. The van der Waals surface area contributed by atoms with E-state index in [1.807, 2.05) is 31.2 Å². The third kappa shape index (κ3) is 5.48. The number of ether oxygens (including phenoxy) is 1. The first kappa shape index (κ1) is 32.9. The third-order valence-electron chi connectivity index (χ3n) is 12.9. The van der Waals surface area contributed by atoms with Gasteiger partial charge in [0.15, 0.2) is 0 Å². The number of fused-ring (bicyclic) bond motifs is 5. The molecule has 4 aliphatic rings. The summed E-state index contributed by atoms with van der Waals surface area (Å²) in [6.07, 6.45) is 6.89. The van der Waals surface area contributed by atoms with Gasteiger partial charge in [-0.3, -0.25) is 9.59 Å². The molecule has 0 bridgehead atoms. The number of aryl methyl sites for hydroxylation is 1. The van der Waals surface area contributed by atoms with E-state index in [4.69, 9.17) is 4.74 Å². The van der Waals surface area contributed by atoms with Crippen LogP contribution in [0.1, 0.15) is 105 Å². The van der Waals surface area contributed by atoms with E-state index < -0.39 is 12.2 Å². The van der Waals surface area contributed by atoms with Gasteiger partial charge >= 0.3 is 5.97 Å². The fourth-order valence-electron chi connectivity index (χ4n) is 10.6. The molecule has 0 unspecified atom stereocenters. The highest BCUT2D eigenvalue weighted by Crippen LogP contribution is 2.74. The standard InChI is InChI=1S/C38H55NO5/c1-22(2)10-9-11-27(35(43)39-26-14-12-23(3)13-15-26)33-29-20-31(42)34-36(6)18-17-30(41)24(4)28(36)16-19-37(34,7)38(29,8)21-32(33)44-25(5)40/h10,12-15,24,28-32,34,41-42H,9,11,16-21H2,1-8H3,(H,39,43)/b33-27-/t24-,28-,29-,30+,31+,32-,34-,36-,37-,38-/m0/s1. The Hall–Kier alpha value is -2.44. The van der Waals surface area contributed by atoms with Crippen LogP contribution in [-0.4, -0.2) is 40.4 Å². The van der Waals surface area contributed by atoms with Crippen LogP contribution in [0.4, 0.5) is 5.69 Å². The lowest BCUT2D eigenvalue weighted by molar-refractivity contribution is -0.234. The van der Waals surface area contributed by atoms with E-state index in [2.05, 4.69) is 52.9 Å². The summed E-state index contributed by atoms with van der Waals surface area (Å²) in [6.45, 7) is 16.9. The quantitative estimate of drug-likeness (QED) is 0.177. The smallest absolute Gasteiger partial charge is 0.303 e. The van der Waals surface area contributed by atoms with Gasteiger partial charge in [-0.1, -0.05) is 57.0 Å². The summed E-state index contributed by atoms with van der Waals surface area (Å²) in [5.41, 5.74) is 4.07. The maximum Gasteiger partial charge on any atom is 0.303 e. The summed E-state index contributed by atoms with van der Waals surface area (Å²) in [4.78, 5) is 26.8. The van der Waals surface area contributed by atoms with E-state index in [0.717, 1.165) is 42.5 Å². The van der Waals surface area contributed by atoms with Crippen LogP contribution in [0.15, 0.2) is 47.1 Å². The normalized spacial score (nSPS) is 40.6. The van der Waals surface area contributed by atoms with Crippen molar-refractivity contribution in [2.45, 2.75) is 125 Å². The number of hydrogen-bond donors (Lipinski definition) is 3. The maximum absolute atomic E-state index is 14.2. The lowest BCUT2D eigenvalue weighted by atomic mass is 9.36. The minimum atomic E-state index is -0.543. The molecule has 10 atom stereocenters. The molecule has 0 saturated heterocycles. The Kier molecular flexibility index (Phi) is 9.03. The molecule has 0 aliphatic heterocycles. The summed E-state index contributed by atoms with van der Waals surface area (Å²) in [6, 6.07) is 7.82. The fraction of sp³-hybridized carbons (Fsp3) is 0.684. The van der Waals surface area contributed by atoms with Crippen LogP contribution in [0.3, 0.4) is 0 Å². The number of carbonyl (C=O) groups is 2. The number of aliphatic hydroxyl groups is 2. The Bertz CT molecular complexity index is 1330. The molecule has 3 N–H and O–H groups in total. The Morgan fingerprint density at radius 1 is 1.00 bits per heavy atom. The van der Waals surface area contributed by atoms with Crippen molar-refractivity contribution in [2.75, 3.05) is 5.32 Å². The minimum Gasteiger partial charge on any atom is -0.458 e. The summed E-state index contributed by atoms with van der Waals surface area (Å²) >= 11 is 0. The Balaban J connectivity index is 1.61. The molecule has 0 spiro atoms. The van der Waals surface area contributed by atoms with Gasteiger partial charge in [-0.05, 0) is 130 Å². The summed E-state index contributed by atoms with van der Waals surface area (Å²) < 4.78 is 6.12. The second kappa shape index (κ2) is 12.1. The van der Waals surface area contributed by atoms with Crippen molar-refractivity contribution in [3.63, 3.8) is 0 Å². The zero-order chi connectivity index (χ0) is 32.2. The molecule has 5 rings (SSSR count). The minimum absolute atomic E-state index is 0.0674. The molecule has 6 heteroatoms. The number of esters is 1. The molecular formula is C38H55NO5. The van der Waals surface area contributed by atoms with Gasteiger partial charge in [0.25, 0.3) is 5.91 Å². The monoisotopic (exact) mass is 605 g/mol. The van der Waals surface area contributed by atoms with E-state index in [9.17, 15) is 19.8 Å².